The van der Waals surface area contributed by atoms with Gasteiger partial charge in [-0.3, -0.25) is 0 Å². The number of nitrogens with zero attached hydrogens (tertiary/aromatic N) is 2. The lowest BCUT2D eigenvalue weighted by molar-refractivity contribution is 0.627. The molecule has 0 unspecified atom stereocenters. The predicted molar refractivity (Wildman–Crippen MR) is 80.2 cm³/mol. The van der Waals surface area contributed by atoms with E-state index in [2.05, 4.69) is 22.2 Å². The molecule has 0 saturated carbocycles. The van der Waals surface area contributed by atoms with Crippen LogP contribution in [-0.2, 0) is 6.42 Å². The maximum atomic E-state index is 13.4. The second kappa shape index (κ2) is 6.18. The summed E-state index contributed by atoms with van der Waals surface area (Å²) in [5.74, 6) is 1.04. The number of hydrogen-bond donors (Lipinski definition) is 1. The van der Waals surface area contributed by atoms with Gasteiger partial charge in [-0.1, -0.05) is 18.5 Å². The molecule has 1 N–H and O–H groups in total. The smallest absolute Gasteiger partial charge is 0.138 e. The zero-order valence-electron chi connectivity index (χ0n) is 11.8. The minimum absolute atomic E-state index is 0.279. The fraction of sp³-hybridized carbons (Fsp3) is 0.333. The molecule has 106 valence electrons. The van der Waals surface area contributed by atoms with Gasteiger partial charge in [0, 0.05) is 17.7 Å². The van der Waals surface area contributed by atoms with Crippen molar-refractivity contribution in [3.63, 3.8) is 0 Å². The zero-order chi connectivity index (χ0) is 14.7. The van der Waals surface area contributed by atoms with Gasteiger partial charge in [-0.25, -0.2) is 14.4 Å². The molecule has 1 aromatic carbocycles. The standard InChI is InChI=1S/C15H17ClFN3/c1-4-5-13-19-14(16)10(3)15(20-13)18-12-7-9(2)6-11(17)8-12/h6-8H,4-5H2,1-3H3,(H,18,19,20). The summed E-state index contributed by atoms with van der Waals surface area (Å²) >= 11 is 6.12. The van der Waals surface area contributed by atoms with Crippen LogP contribution in [0.2, 0.25) is 5.15 Å². The molecule has 0 fully saturated rings. The third-order valence-corrected chi connectivity index (χ3v) is 3.28. The first-order chi connectivity index (χ1) is 9.49. The Morgan fingerprint density at radius 2 is 1.95 bits per heavy atom. The lowest BCUT2D eigenvalue weighted by Crippen LogP contribution is -2.04. The number of anilines is 2. The largest absolute Gasteiger partial charge is 0.340 e. The number of benzene rings is 1. The molecular weight excluding hydrogens is 277 g/mol. The van der Waals surface area contributed by atoms with Crippen molar-refractivity contribution in [2.45, 2.75) is 33.6 Å². The Morgan fingerprint density at radius 1 is 1.20 bits per heavy atom. The molecule has 1 aromatic heterocycles. The van der Waals surface area contributed by atoms with Crippen LogP contribution in [0.4, 0.5) is 15.9 Å². The molecule has 0 bridgehead atoms. The molecule has 5 heteroatoms. The van der Waals surface area contributed by atoms with Crippen LogP contribution in [-0.4, -0.2) is 9.97 Å². The lowest BCUT2D eigenvalue weighted by atomic mass is 10.2. The second-order valence-corrected chi connectivity index (χ2v) is 5.15. The molecule has 0 aliphatic rings. The van der Waals surface area contributed by atoms with Crippen molar-refractivity contribution >= 4 is 23.1 Å². The Labute approximate surface area is 123 Å². The Bertz CT molecular complexity index is 609. The minimum atomic E-state index is -0.279. The van der Waals surface area contributed by atoms with E-state index in [0.717, 1.165) is 24.0 Å². The summed E-state index contributed by atoms with van der Waals surface area (Å²) in [6.45, 7) is 5.74. The third kappa shape index (κ3) is 3.45. The lowest BCUT2D eigenvalue weighted by Gasteiger charge is -2.12. The molecule has 0 saturated heterocycles. The highest BCUT2D eigenvalue weighted by Crippen LogP contribution is 2.24. The van der Waals surface area contributed by atoms with Crippen LogP contribution in [0.1, 0.15) is 30.3 Å². The van der Waals surface area contributed by atoms with Gasteiger partial charge in [0.05, 0.1) is 0 Å². The van der Waals surface area contributed by atoms with Crippen molar-refractivity contribution in [3.05, 3.63) is 46.1 Å². The molecule has 2 rings (SSSR count). The van der Waals surface area contributed by atoms with E-state index in [0.29, 0.717) is 22.5 Å². The summed E-state index contributed by atoms with van der Waals surface area (Å²) in [6, 6.07) is 4.77. The van der Waals surface area contributed by atoms with Gasteiger partial charge in [-0.05, 0) is 44.0 Å². The van der Waals surface area contributed by atoms with Gasteiger partial charge in [0.25, 0.3) is 0 Å². The maximum Gasteiger partial charge on any atom is 0.138 e. The summed E-state index contributed by atoms with van der Waals surface area (Å²) in [5.41, 5.74) is 2.26. The summed E-state index contributed by atoms with van der Waals surface area (Å²) in [4.78, 5) is 8.69. The number of aromatic nitrogens is 2. The Kier molecular flexibility index (Phi) is 4.55. The Morgan fingerprint density at radius 3 is 2.60 bits per heavy atom. The van der Waals surface area contributed by atoms with Crippen LogP contribution in [0.15, 0.2) is 18.2 Å². The first-order valence-electron chi connectivity index (χ1n) is 6.57. The maximum absolute atomic E-state index is 13.4. The fourth-order valence-electron chi connectivity index (χ4n) is 1.94. The first-order valence-corrected chi connectivity index (χ1v) is 6.94. The van der Waals surface area contributed by atoms with E-state index in [4.69, 9.17) is 11.6 Å². The van der Waals surface area contributed by atoms with Gasteiger partial charge in [-0.2, -0.15) is 0 Å². The van der Waals surface area contributed by atoms with Crippen LogP contribution in [0.25, 0.3) is 0 Å². The van der Waals surface area contributed by atoms with Crippen molar-refractivity contribution < 1.29 is 4.39 Å². The molecule has 0 spiro atoms. The highest BCUT2D eigenvalue weighted by Gasteiger charge is 2.10. The molecule has 0 amide bonds. The van der Waals surface area contributed by atoms with Gasteiger partial charge in [0.2, 0.25) is 0 Å². The molecule has 0 aliphatic heterocycles. The highest BCUT2D eigenvalue weighted by atomic mass is 35.5. The van der Waals surface area contributed by atoms with E-state index in [1.54, 1.807) is 0 Å². The van der Waals surface area contributed by atoms with Gasteiger partial charge >= 0.3 is 0 Å². The van der Waals surface area contributed by atoms with Crippen molar-refractivity contribution in [2.75, 3.05) is 5.32 Å². The molecule has 1 heterocycles. The predicted octanol–water partition coefficient (Wildman–Crippen LogP) is 4.58. The van der Waals surface area contributed by atoms with Crippen LogP contribution >= 0.6 is 11.6 Å². The van der Waals surface area contributed by atoms with Gasteiger partial charge < -0.3 is 5.32 Å². The number of halogens is 2. The third-order valence-electron chi connectivity index (χ3n) is 2.91. The van der Waals surface area contributed by atoms with Crippen LogP contribution in [0.5, 0.6) is 0 Å². The molecule has 2 aromatic rings. The highest BCUT2D eigenvalue weighted by molar-refractivity contribution is 6.30. The Balaban J connectivity index is 2.36. The van der Waals surface area contributed by atoms with E-state index >= 15 is 0 Å². The monoisotopic (exact) mass is 293 g/mol. The van der Waals surface area contributed by atoms with E-state index in [1.165, 1.54) is 12.1 Å². The Hall–Kier alpha value is -1.68. The minimum Gasteiger partial charge on any atom is -0.340 e. The molecule has 0 aliphatic carbocycles. The van der Waals surface area contributed by atoms with Crippen LogP contribution in [0.3, 0.4) is 0 Å². The van der Waals surface area contributed by atoms with Crippen molar-refractivity contribution in [2.24, 2.45) is 0 Å². The van der Waals surface area contributed by atoms with E-state index in [-0.39, 0.29) is 5.82 Å². The number of rotatable bonds is 4. The second-order valence-electron chi connectivity index (χ2n) is 4.80. The summed E-state index contributed by atoms with van der Waals surface area (Å²) in [5, 5.41) is 3.55. The average molecular weight is 294 g/mol. The topological polar surface area (TPSA) is 37.8 Å². The molecule has 20 heavy (non-hydrogen) atoms. The van der Waals surface area contributed by atoms with Crippen molar-refractivity contribution in [1.29, 1.82) is 0 Å². The van der Waals surface area contributed by atoms with Gasteiger partial charge in [-0.15, -0.1) is 0 Å². The molecule has 0 radical (unpaired) electrons. The van der Waals surface area contributed by atoms with Gasteiger partial charge in [0.1, 0.15) is 22.6 Å². The van der Waals surface area contributed by atoms with Crippen LogP contribution in [0, 0.1) is 19.7 Å². The number of hydrogen-bond acceptors (Lipinski definition) is 3. The number of aryl methyl sites for hydroxylation is 2. The molecule has 0 atom stereocenters. The summed E-state index contributed by atoms with van der Waals surface area (Å²) < 4.78 is 13.4. The first kappa shape index (κ1) is 14.7. The van der Waals surface area contributed by atoms with E-state index < -0.39 is 0 Å². The normalized spacial score (nSPS) is 10.7. The zero-order valence-corrected chi connectivity index (χ0v) is 12.6. The fourth-order valence-corrected chi connectivity index (χ4v) is 2.12. The summed E-state index contributed by atoms with van der Waals surface area (Å²) in [6.07, 6.45) is 1.70. The van der Waals surface area contributed by atoms with E-state index in [9.17, 15) is 4.39 Å². The molecular formula is C15H17ClFN3. The van der Waals surface area contributed by atoms with Crippen molar-refractivity contribution in [3.8, 4) is 0 Å². The van der Waals surface area contributed by atoms with Gasteiger partial charge in [0.15, 0.2) is 0 Å². The van der Waals surface area contributed by atoms with E-state index in [1.807, 2.05) is 19.9 Å². The number of nitrogens with one attached hydrogen (secondary N) is 1. The van der Waals surface area contributed by atoms with Crippen molar-refractivity contribution in [1.82, 2.24) is 9.97 Å². The SMILES string of the molecule is CCCc1nc(Cl)c(C)c(Nc2cc(C)cc(F)c2)n1. The van der Waals surface area contributed by atoms with Crippen LogP contribution < -0.4 is 5.32 Å². The quantitative estimate of drug-likeness (QED) is 0.838. The average Bonchev–Trinajstić information content (AvgIpc) is 2.34. The molecule has 3 nitrogen and oxygen atoms in total. The summed E-state index contributed by atoms with van der Waals surface area (Å²) in [7, 11) is 0.